The first kappa shape index (κ1) is 15.6. The molecule has 1 aliphatic rings. The molecule has 2 aromatic rings. The summed E-state index contributed by atoms with van der Waals surface area (Å²) in [4.78, 5) is 20.0. The zero-order chi connectivity index (χ0) is 16.4. The molecule has 1 amide bonds. The zero-order valence-corrected chi connectivity index (χ0v) is 13.6. The highest BCUT2D eigenvalue weighted by Gasteiger charge is 2.31. The summed E-state index contributed by atoms with van der Waals surface area (Å²) >= 11 is 3.19. The van der Waals surface area contributed by atoms with Gasteiger partial charge in [-0.2, -0.15) is 4.98 Å². The van der Waals surface area contributed by atoms with Gasteiger partial charge in [-0.25, -0.2) is 9.37 Å². The Hall–Kier alpha value is -2.26. The van der Waals surface area contributed by atoms with Crippen molar-refractivity contribution >= 4 is 39.0 Å². The van der Waals surface area contributed by atoms with Crippen LogP contribution in [0.25, 0.3) is 0 Å². The Morgan fingerprint density at radius 2 is 2.30 bits per heavy atom. The maximum atomic E-state index is 13.9. The van der Waals surface area contributed by atoms with Gasteiger partial charge in [-0.1, -0.05) is 15.9 Å². The number of nitrogens with zero attached hydrogens (tertiary/aromatic N) is 2. The molecule has 120 valence electrons. The molecule has 0 radical (unpaired) electrons. The lowest BCUT2D eigenvalue weighted by Gasteiger charge is -2.25. The summed E-state index contributed by atoms with van der Waals surface area (Å²) in [5.74, 6) is -0.414. The van der Waals surface area contributed by atoms with Crippen molar-refractivity contribution in [3.05, 3.63) is 34.8 Å². The summed E-state index contributed by atoms with van der Waals surface area (Å²) in [5, 5.41) is 5.47. The molecule has 0 unspecified atom stereocenters. The number of amides is 1. The van der Waals surface area contributed by atoms with Gasteiger partial charge in [-0.3, -0.25) is 4.79 Å². The van der Waals surface area contributed by atoms with Crippen LogP contribution in [0.1, 0.15) is 0 Å². The maximum absolute atomic E-state index is 13.9. The molecule has 0 saturated heterocycles. The molecule has 0 saturated carbocycles. The van der Waals surface area contributed by atoms with Crippen LogP contribution in [0.4, 0.5) is 21.6 Å². The molecule has 1 aromatic carbocycles. The second kappa shape index (κ2) is 6.47. The quantitative estimate of drug-likeness (QED) is 0.844. The van der Waals surface area contributed by atoms with Gasteiger partial charge in [-0.15, -0.1) is 0 Å². The van der Waals surface area contributed by atoms with Crippen LogP contribution in [-0.4, -0.2) is 35.7 Å². The van der Waals surface area contributed by atoms with Gasteiger partial charge < -0.3 is 20.1 Å². The van der Waals surface area contributed by atoms with Crippen molar-refractivity contribution in [2.45, 2.75) is 6.10 Å². The van der Waals surface area contributed by atoms with Gasteiger partial charge >= 0.3 is 0 Å². The Morgan fingerprint density at radius 3 is 3.04 bits per heavy atom. The van der Waals surface area contributed by atoms with Crippen molar-refractivity contribution in [3.8, 4) is 5.88 Å². The second-order valence-corrected chi connectivity index (χ2v) is 5.62. The molecule has 2 heterocycles. The summed E-state index contributed by atoms with van der Waals surface area (Å²) in [5.41, 5.74) is 0.467. The van der Waals surface area contributed by atoms with Crippen LogP contribution in [0.5, 0.6) is 5.88 Å². The van der Waals surface area contributed by atoms with E-state index in [1.807, 2.05) is 0 Å². The first-order valence-electron chi connectivity index (χ1n) is 6.62. The van der Waals surface area contributed by atoms with Gasteiger partial charge in [0.25, 0.3) is 5.91 Å². The van der Waals surface area contributed by atoms with E-state index in [-0.39, 0.29) is 35.6 Å². The van der Waals surface area contributed by atoms with Crippen molar-refractivity contribution in [1.29, 1.82) is 0 Å². The third kappa shape index (κ3) is 3.25. The number of aromatic nitrogens is 2. The van der Waals surface area contributed by atoms with Crippen LogP contribution in [0.3, 0.4) is 0 Å². The van der Waals surface area contributed by atoms with Gasteiger partial charge in [0.05, 0.1) is 12.3 Å². The fraction of sp³-hybridized carbons (Fsp3) is 0.214. The van der Waals surface area contributed by atoms with Gasteiger partial charge in [0.2, 0.25) is 12.0 Å². The zero-order valence-electron chi connectivity index (χ0n) is 12.0. The van der Waals surface area contributed by atoms with E-state index in [2.05, 4.69) is 36.5 Å². The average molecular weight is 383 g/mol. The molecule has 1 atom stereocenters. The van der Waals surface area contributed by atoms with E-state index in [0.29, 0.717) is 4.47 Å². The van der Waals surface area contributed by atoms with Crippen molar-refractivity contribution in [2.75, 3.05) is 24.4 Å². The summed E-state index contributed by atoms with van der Waals surface area (Å²) in [6, 6.07) is 4.55. The number of anilines is 3. The monoisotopic (exact) mass is 382 g/mol. The number of carbonyl (C=O) groups is 1. The van der Waals surface area contributed by atoms with Crippen LogP contribution in [-0.2, 0) is 9.53 Å². The average Bonchev–Trinajstić information content (AvgIpc) is 2.52. The molecule has 0 fully saturated rings. The lowest BCUT2D eigenvalue weighted by Crippen LogP contribution is -2.40. The fourth-order valence-electron chi connectivity index (χ4n) is 2.04. The summed E-state index contributed by atoms with van der Waals surface area (Å²) < 4.78 is 25.0. The van der Waals surface area contributed by atoms with Crippen LogP contribution in [0.2, 0.25) is 0 Å². The SMILES string of the molecule is COC[C@H]1Oc2ncnc(Nc3ccc(Br)cc3F)c2NC1=O. The predicted molar refractivity (Wildman–Crippen MR) is 84.3 cm³/mol. The molecule has 2 N–H and O–H groups in total. The number of hydrogen-bond acceptors (Lipinski definition) is 6. The second-order valence-electron chi connectivity index (χ2n) is 4.70. The topological polar surface area (TPSA) is 85.4 Å². The molecule has 1 aliphatic heterocycles. The summed E-state index contributed by atoms with van der Waals surface area (Å²) in [7, 11) is 1.47. The lowest BCUT2D eigenvalue weighted by atomic mass is 10.2. The van der Waals surface area contributed by atoms with Crippen LogP contribution in [0.15, 0.2) is 29.0 Å². The van der Waals surface area contributed by atoms with E-state index in [1.165, 1.54) is 19.5 Å². The minimum absolute atomic E-state index is 0.0966. The Kier molecular flexibility index (Phi) is 4.39. The molecule has 9 heteroatoms. The number of carbonyl (C=O) groups excluding carboxylic acids is 1. The van der Waals surface area contributed by atoms with Crippen molar-refractivity contribution in [2.24, 2.45) is 0 Å². The van der Waals surface area contributed by atoms with E-state index in [1.54, 1.807) is 12.1 Å². The standard InChI is InChI=1S/C14H12BrFN4O3/c1-22-5-10-13(21)20-11-12(17-6-18-14(11)23-10)19-9-3-2-7(15)4-8(9)16/h2-4,6,10H,5H2,1H3,(H,20,21)(H,17,18,19)/t10-/m1/s1. The number of halogens is 2. The van der Waals surface area contributed by atoms with Crippen LogP contribution >= 0.6 is 15.9 Å². The van der Waals surface area contributed by atoms with Gasteiger partial charge in [-0.05, 0) is 18.2 Å². The van der Waals surface area contributed by atoms with E-state index in [0.717, 1.165) is 0 Å². The number of methoxy groups -OCH3 is 1. The minimum atomic E-state index is -0.792. The molecule has 23 heavy (non-hydrogen) atoms. The van der Waals surface area contributed by atoms with Gasteiger partial charge in [0, 0.05) is 11.6 Å². The Balaban J connectivity index is 1.91. The molecule has 1 aromatic heterocycles. The van der Waals surface area contributed by atoms with Crippen molar-refractivity contribution < 1.29 is 18.7 Å². The molecule has 3 rings (SSSR count). The highest BCUT2D eigenvalue weighted by Crippen LogP contribution is 2.35. The first-order chi connectivity index (χ1) is 11.1. The first-order valence-corrected chi connectivity index (χ1v) is 7.41. The largest absolute Gasteiger partial charge is 0.460 e. The van der Waals surface area contributed by atoms with Crippen molar-refractivity contribution in [1.82, 2.24) is 9.97 Å². The minimum Gasteiger partial charge on any atom is -0.460 e. The highest BCUT2D eigenvalue weighted by molar-refractivity contribution is 9.10. The lowest BCUT2D eigenvalue weighted by molar-refractivity contribution is -0.125. The third-order valence-corrected chi connectivity index (χ3v) is 3.60. The number of nitrogens with one attached hydrogen (secondary N) is 2. The Labute approximate surface area is 139 Å². The third-order valence-electron chi connectivity index (χ3n) is 3.11. The number of hydrogen-bond donors (Lipinski definition) is 2. The van der Waals surface area contributed by atoms with Gasteiger partial charge in [0.15, 0.2) is 5.82 Å². The molecule has 0 bridgehead atoms. The number of ether oxygens (including phenoxy) is 2. The molecule has 0 aliphatic carbocycles. The highest BCUT2D eigenvalue weighted by atomic mass is 79.9. The molecule has 0 spiro atoms. The normalized spacial score (nSPS) is 16.3. The molecular formula is C14H12BrFN4O3. The van der Waals surface area contributed by atoms with E-state index >= 15 is 0 Å². The number of rotatable bonds is 4. The number of benzene rings is 1. The smallest absolute Gasteiger partial charge is 0.268 e. The van der Waals surface area contributed by atoms with E-state index in [4.69, 9.17) is 9.47 Å². The Morgan fingerprint density at radius 1 is 1.48 bits per heavy atom. The van der Waals surface area contributed by atoms with Crippen molar-refractivity contribution in [3.63, 3.8) is 0 Å². The van der Waals surface area contributed by atoms with E-state index < -0.39 is 11.9 Å². The van der Waals surface area contributed by atoms with Crippen LogP contribution in [0, 0.1) is 5.82 Å². The number of fused-ring (bicyclic) bond motifs is 1. The van der Waals surface area contributed by atoms with Gasteiger partial charge in [0.1, 0.15) is 17.8 Å². The predicted octanol–water partition coefficient (Wildman–Crippen LogP) is 2.47. The maximum Gasteiger partial charge on any atom is 0.268 e. The fourth-order valence-corrected chi connectivity index (χ4v) is 2.37. The summed E-state index contributed by atoms with van der Waals surface area (Å²) in [6.45, 7) is 0.0966. The van der Waals surface area contributed by atoms with E-state index in [9.17, 15) is 9.18 Å². The Bertz CT molecular complexity index is 759. The van der Waals surface area contributed by atoms with Crippen LogP contribution < -0.4 is 15.4 Å². The molecular weight excluding hydrogens is 371 g/mol. The summed E-state index contributed by atoms with van der Waals surface area (Å²) in [6.07, 6.45) is 0.471. The molecule has 7 nitrogen and oxygen atoms in total.